The molecule has 2 rings (SSSR count). The van der Waals surface area contributed by atoms with Gasteiger partial charge in [0.25, 0.3) is 0 Å². The Bertz CT molecular complexity index is 388. The van der Waals surface area contributed by atoms with Gasteiger partial charge in [0, 0.05) is 12.6 Å². The van der Waals surface area contributed by atoms with Crippen LogP contribution < -0.4 is 5.73 Å². The van der Waals surface area contributed by atoms with Crippen LogP contribution in [0.1, 0.15) is 46.5 Å². The molecular weight excluding hydrogens is 242 g/mol. The van der Waals surface area contributed by atoms with Gasteiger partial charge in [0.1, 0.15) is 5.41 Å². The maximum Gasteiger partial charge on any atom is 0.236 e. The van der Waals surface area contributed by atoms with E-state index in [1.807, 2.05) is 4.90 Å². The van der Waals surface area contributed by atoms with Crippen LogP contribution in [0.3, 0.4) is 0 Å². The van der Waals surface area contributed by atoms with Gasteiger partial charge in [-0.2, -0.15) is 0 Å². The Morgan fingerprint density at radius 2 is 1.89 bits per heavy atom. The van der Waals surface area contributed by atoms with E-state index >= 15 is 0 Å². The second-order valence-corrected chi connectivity index (χ2v) is 6.57. The quantitative estimate of drug-likeness (QED) is 0.346. The van der Waals surface area contributed by atoms with Gasteiger partial charge in [-0.25, -0.2) is 0 Å². The molecule has 0 aromatic carbocycles. The lowest BCUT2D eigenvalue weighted by atomic mass is 9.60. The molecule has 1 amide bonds. The first-order chi connectivity index (χ1) is 8.90. The summed E-state index contributed by atoms with van der Waals surface area (Å²) >= 11 is 0. The normalized spacial score (nSPS) is 39.8. The summed E-state index contributed by atoms with van der Waals surface area (Å²) in [6.07, 6.45) is 3.59. The molecule has 0 aromatic heterocycles. The van der Waals surface area contributed by atoms with Crippen LogP contribution >= 0.6 is 0 Å². The zero-order valence-electron chi connectivity index (χ0n) is 12.1. The molecule has 2 aliphatic rings. The van der Waals surface area contributed by atoms with Crippen LogP contribution in [0, 0.1) is 17.3 Å². The van der Waals surface area contributed by atoms with E-state index in [4.69, 9.17) is 10.9 Å². The molecule has 0 spiro atoms. The highest BCUT2D eigenvalue weighted by molar-refractivity contribution is 6.07. The van der Waals surface area contributed by atoms with E-state index < -0.39 is 5.41 Å². The summed E-state index contributed by atoms with van der Waals surface area (Å²) < 4.78 is 0. The maximum atomic E-state index is 12.9. The monoisotopic (exact) mass is 267 g/mol. The average molecular weight is 267 g/mol. The van der Waals surface area contributed by atoms with Gasteiger partial charge in [-0.3, -0.25) is 4.79 Å². The predicted octanol–water partition coefficient (Wildman–Crippen LogP) is 1.80. The fourth-order valence-corrected chi connectivity index (χ4v) is 3.57. The second-order valence-electron chi connectivity index (χ2n) is 6.57. The van der Waals surface area contributed by atoms with E-state index in [0.717, 1.165) is 19.4 Å². The van der Waals surface area contributed by atoms with Gasteiger partial charge in [0.05, 0.1) is 0 Å². The zero-order valence-corrected chi connectivity index (χ0v) is 12.1. The number of piperidine rings is 1. The molecule has 0 radical (unpaired) electrons. The number of hydrogen-bond donors (Lipinski definition) is 2. The van der Waals surface area contributed by atoms with Crippen molar-refractivity contribution in [1.82, 2.24) is 4.90 Å². The zero-order chi connectivity index (χ0) is 14.2. The molecule has 0 bridgehead atoms. The maximum absolute atomic E-state index is 12.9. The molecule has 5 heteroatoms. The lowest BCUT2D eigenvalue weighted by Crippen LogP contribution is -2.60. The van der Waals surface area contributed by atoms with E-state index in [1.54, 1.807) is 0 Å². The summed E-state index contributed by atoms with van der Waals surface area (Å²) in [7, 11) is 0. The van der Waals surface area contributed by atoms with Crippen molar-refractivity contribution in [2.24, 2.45) is 28.1 Å². The van der Waals surface area contributed by atoms with Crippen LogP contribution in [0.15, 0.2) is 5.16 Å². The number of nitrogens with two attached hydrogens (primary N) is 1. The number of rotatable bonds is 2. The topological polar surface area (TPSA) is 78.9 Å². The van der Waals surface area contributed by atoms with Crippen LogP contribution in [0.25, 0.3) is 0 Å². The lowest BCUT2D eigenvalue weighted by molar-refractivity contribution is -0.149. The van der Waals surface area contributed by atoms with Crippen molar-refractivity contribution < 1.29 is 10.0 Å². The van der Waals surface area contributed by atoms with Gasteiger partial charge < -0.3 is 15.8 Å². The van der Waals surface area contributed by atoms with Crippen LogP contribution in [-0.2, 0) is 4.79 Å². The molecule has 3 N–H and O–H groups in total. The minimum Gasteiger partial charge on any atom is -0.409 e. The largest absolute Gasteiger partial charge is 0.409 e. The van der Waals surface area contributed by atoms with Crippen LogP contribution in [0.4, 0.5) is 0 Å². The van der Waals surface area contributed by atoms with Gasteiger partial charge in [-0.1, -0.05) is 19.0 Å². The number of amidine groups is 1. The van der Waals surface area contributed by atoms with Crippen LogP contribution in [0.5, 0.6) is 0 Å². The Balaban J connectivity index is 2.21. The van der Waals surface area contributed by atoms with Gasteiger partial charge in [0.2, 0.25) is 5.91 Å². The number of carbonyl (C=O) groups is 1. The summed E-state index contributed by atoms with van der Waals surface area (Å²) in [6.45, 7) is 7.14. The first-order valence-electron chi connectivity index (χ1n) is 7.19. The highest BCUT2D eigenvalue weighted by atomic mass is 16.4. The Morgan fingerprint density at radius 3 is 2.42 bits per heavy atom. The Labute approximate surface area is 114 Å². The van der Waals surface area contributed by atoms with Crippen molar-refractivity contribution in [3.63, 3.8) is 0 Å². The lowest BCUT2D eigenvalue weighted by Gasteiger charge is -2.49. The first-order valence-corrected chi connectivity index (χ1v) is 7.19. The van der Waals surface area contributed by atoms with Gasteiger partial charge in [0.15, 0.2) is 5.84 Å². The minimum absolute atomic E-state index is 0.0555. The van der Waals surface area contributed by atoms with Crippen molar-refractivity contribution in [1.29, 1.82) is 0 Å². The van der Waals surface area contributed by atoms with Crippen molar-refractivity contribution >= 4 is 11.7 Å². The highest BCUT2D eigenvalue weighted by Gasteiger charge is 2.54. The summed E-state index contributed by atoms with van der Waals surface area (Å²) in [5, 5.41) is 12.1. The van der Waals surface area contributed by atoms with Crippen molar-refractivity contribution in [2.75, 3.05) is 6.54 Å². The van der Waals surface area contributed by atoms with E-state index in [1.165, 1.54) is 0 Å². The molecule has 19 heavy (non-hydrogen) atoms. The van der Waals surface area contributed by atoms with Crippen molar-refractivity contribution in [2.45, 2.75) is 52.5 Å². The summed E-state index contributed by atoms with van der Waals surface area (Å²) in [5.74, 6) is 1.13. The van der Waals surface area contributed by atoms with Gasteiger partial charge in [-0.15, -0.1) is 0 Å². The number of carbonyl (C=O) groups excluding carboxylic acids is 1. The predicted molar refractivity (Wildman–Crippen MR) is 73.8 cm³/mol. The van der Waals surface area contributed by atoms with E-state index in [0.29, 0.717) is 24.7 Å². The SMILES string of the molecule is CC1CCC(C)N(C(=O)C2(C(N)=NO)CC(C)C2)C1. The average Bonchev–Trinajstić information content (AvgIpc) is 2.35. The van der Waals surface area contributed by atoms with E-state index in [2.05, 4.69) is 25.9 Å². The number of hydrogen-bond acceptors (Lipinski definition) is 3. The number of amides is 1. The van der Waals surface area contributed by atoms with Crippen LogP contribution in [-0.4, -0.2) is 34.4 Å². The smallest absolute Gasteiger partial charge is 0.236 e. The molecule has 108 valence electrons. The third-order valence-corrected chi connectivity index (χ3v) is 4.78. The summed E-state index contributed by atoms with van der Waals surface area (Å²) in [5.41, 5.74) is 5.07. The van der Waals surface area contributed by atoms with E-state index in [9.17, 15) is 4.79 Å². The molecule has 1 aliphatic heterocycles. The van der Waals surface area contributed by atoms with Gasteiger partial charge >= 0.3 is 0 Å². The molecule has 1 saturated heterocycles. The molecule has 5 nitrogen and oxygen atoms in total. The third kappa shape index (κ3) is 2.30. The molecule has 2 unspecified atom stereocenters. The van der Waals surface area contributed by atoms with Crippen LogP contribution in [0.2, 0.25) is 0 Å². The van der Waals surface area contributed by atoms with Crippen molar-refractivity contribution in [3.8, 4) is 0 Å². The fraction of sp³-hybridized carbons (Fsp3) is 0.857. The third-order valence-electron chi connectivity index (χ3n) is 4.78. The molecule has 2 atom stereocenters. The standard InChI is InChI=1S/C14H25N3O2/c1-9-4-5-11(3)17(8-9)13(18)14(12(15)16-19)6-10(2)7-14/h9-11,19H,4-8H2,1-3H3,(H2,15,16). The highest BCUT2D eigenvalue weighted by Crippen LogP contribution is 2.47. The summed E-state index contributed by atoms with van der Waals surface area (Å²) in [6, 6.07) is 0.253. The Morgan fingerprint density at radius 1 is 1.26 bits per heavy atom. The number of oxime groups is 1. The summed E-state index contributed by atoms with van der Waals surface area (Å²) in [4.78, 5) is 14.8. The molecule has 1 aliphatic carbocycles. The second kappa shape index (κ2) is 5.02. The molecule has 0 aromatic rings. The molecule has 1 heterocycles. The molecule has 1 saturated carbocycles. The van der Waals surface area contributed by atoms with Gasteiger partial charge in [-0.05, 0) is 44.4 Å². The Hall–Kier alpha value is -1.26. The Kier molecular flexibility index (Phi) is 3.74. The number of nitrogens with zero attached hydrogens (tertiary/aromatic N) is 2. The first kappa shape index (κ1) is 14.2. The minimum atomic E-state index is -0.751. The number of likely N-dealkylation sites (tertiary alicyclic amines) is 1. The fourth-order valence-electron chi connectivity index (χ4n) is 3.57. The van der Waals surface area contributed by atoms with E-state index in [-0.39, 0.29) is 17.8 Å². The molecule has 2 fully saturated rings. The van der Waals surface area contributed by atoms with Crippen molar-refractivity contribution in [3.05, 3.63) is 0 Å². The molecular formula is C14H25N3O2.